The third kappa shape index (κ3) is 1.99. The SMILES string of the molecule is CC.O=C1CC(=O)c2ccccc2N1.[HH]. The molecule has 1 aromatic rings. The number of amides is 1. The summed E-state index contributed by atoms with van der Waals surface area (Å²) >= 11 is 0. The fourth-order valence-corrected chi connectivity index (χ4v) is 1.27. The minimum atomic E-state index is -0.223. The maximum Gasteiger partial charge on any atom is 0.232 e. The summed E-state index contributed by atoms with van der Waals surface area (Å²) in [6.07, 6.45) is -0.0307. The van der Waals surface area contributed by atoms with Gasteiger partial charge in [0.2, 0.25) is 5.91 Å². The Hall–Kier alpha value is -1.64. The summed E-state index contributed by atoms with van der Waals surface area (Å²) in [4.78, 5) is 22.1. The fraction of sp³-hybridized carbons (Fsp3) is 0.273. The minimum absolute atomic E-state index is 0. The Morgan fingerprint density at radius 3 is 2.57 bits per heavy atom. The lowest BCUT2D eigenvalue weighted by Gasteiger charge is -2.14. The van der Waals surface area contributed by atoms with Crippen LogP contribution in [0.15, 0.2) is 24.3 Å². The van der Waals surface area contributed by atoms with E-state index in [1.807, 2.05) is 13.8 Å². The first-order valence-corrected chi connectivity index (χ1v) is 4.69. The summed E-state index contributed by atoms with van der Waals surface area (Å²) < 4.78 is 0. The second-order valence-corrected chi connectivity index (χ2v) is 2.69. The van der Waals surface area contributed by atoms with Crippen LogP contribution < -0.4 is 5.32 Å². The van der Waals surface area contributed by atoms with E-state index >= 15 is 0 Å². The molecular formula is C11H15NO2. The van der Waals surface area contributed by atoms with Gasteiger partial charge in [0.15, 0.2) is 5.78 Å². The lowest BCUT2D eigenvalue weighted by Crippen LogP contribution is -2.23. The molecule has 0 bridgehead atoms. The lowest BCUT2D eigenvalue weighted by molar-refractivity contribution is -0.115. The molecule has 3 nitrogen and oxygen atoms in total. The number of nitrogens with one attached hydrogen (secondary N) is 1. The predicted octanol–water partition coefficient (Wildman–Crippen LogP) is 2.48. The van der Waals surface area contributed by atoms with E-state index in [9.17, 15) is 9.59 Å². The van der Waals surface area contributed by atoms with Crippen molar-refractivity contribution in [3.8, 4) is 0 Å². The van der Waals surface area contributed by atoms with Crippen LogP contribution in [0.1, 0.15) is 32.1 Å². The summed E-state index contributed by atoms with van der Waals surface area (Å²) in [7, 11) is 0. The van der Waals surface area contributed by atoms with E-state index in [1.54, 1.807) is 24.3 Å². The molecule has 14 heavy (non-hydrogen) atoms. The van der Waals surface area contributed by atoms with Gasteiger partial charge in [0.1, 0.15) is 0 Å². The van der Waals surface area contributed by atoms with Crippen molar-refractivity contribution in [3.05, 3.63) is 29.8 Å². The van der Waals surface area contributed by atoms with Crippen LogP contribution in [0.5, 0.6) is 0 Å². The molecule has 1 N–H and O–H groups in total. The van der Waals surface area contributed by atoms with E-state index < -0.39 is 0 Å². The molecule has 0 aliphatic carbocycles. The summed E-state index contributed by atoms with van der Waals surface area (Å²) in [5.74, 6) is -0.326. The standard InChI is InChI=1S/C9H7NO2.C2H6.H2/c11-8-5-9(12)10-7-4-2-1-3-6(7)8;1-2;/h1-4H,5H2,(H,10,12);1-2H3;1H. The van der Waals surface area contributed by atoms with Gasteiger partial charge in [0.05, 0.1) is 12.1 Å². The van der Waals surface area contributed by atoms with Crippen molar-refractivity contribution in [3.63, 3.8) is 0 Å². The van der Waals surface area contributed by atoms with Gasteiger partial charge in [-0.05, 0) is 12.1 Å². The van der Waals surface area contributed by atoms with Crippen LogP contribution >= 0.6 is 0 Å². The Balaban J connectivity index is 0.000000617. The molecule has 0 atom stereocenters. The fourth-order valence-electron chi connectivity index (χ4n) is 1.27. The summed E-state index contributed by atoms with van der Waals surface area (Å²) in [6.45, 7) is 4.00. The van der Waals surface area contributed by atoms with E-state index in [2.05, 4.69) is 5.32 Å². The van der Waals surface area contributed by atoms with Crippen molar-refractivity contribution in [1.29, 1.82) is 0 Å². The molecule has 2 rings (SSSR count). The molecule has 3 heteroatoms. The Morgan fingerprint density at radius 2 is 1.86 bits per heavy atom. The zero-order valence-corrected chi connectivity index (χ0v) is 8.33. The van der Waals surface area contributed by atoms with E-state index in [0.29, 0.717) is 11.3 Å². The first-order valence-electron chi connectivity index (χ1n) is 4.69. The highest BCUT2D eigenvalue weighted by molar-refractivity contribution is 6.18. The van der Waals surface area contributed by atoms with E-state index in [1.165, 1.54) is 0 Å². The minimum Gasteiger partial charge on any atom is -0.325 e. The largest absolute Gasteiger partial charge is 0.325 e. The van der Waals surface area contributed by atoms with Crippen LogP contribution in [0.2, 0.25) is 0 Å². The molecule has 76 valence electrons. The van der Waals surface area contributed by atoms with Crippen LogP contribution in [-0.4, -0.2) is 11.7 Å². The number of para-hydroxylation sites is 1. The molecule has 0 fully saturated rings. The molecule has 0 saturated heterocycles. The van der Waals surface area contributed by atoms with Crippen LogP contribution in [0.25, 0.3) is 0 Å². The predicted molar refractivity (Wildman–Crippen MR) is 57.5 cm³/mol. The van der Waals surface area contributed by atoms with Gasteiger partial charge < -0.3 is 5.32 Å². The first kappa shape index (κ1) is 10.4. The van der Waals surface area contributed by atoms with Crippen molar-refractivity contribution < 1.29 is 11.0 Å². The normalized spacial score (nSPS) is 13.6. The first-order chi connectivity index (χ1) is 6.77. The number of ketones is 1. The summed E-state index contributed by atoms with van der Waals surface area (Å²) in [6, 6.07) is 7.02. The van der Waals surface area contributed by atoms with Crippen LogP contribution in [0.3, 0.4) is 0 Å². The van der Waals surface area contributed by atoms with Gasteiger partial charge in [0.25, 0.3) is 0 Å². The Morgan fingerprint density at radius 1 is 1.21 bits per heavy atom. The highest BCUT2D eigenvalue weighted by Gasteiger charge is 2.21. The Kier molecular flexibility index (Phi) is 3.40. The summed E-state index contributed by atoms with van der Waals surface area (Å²) in [5.41, 5.74) is 1.23. The molecule has 0 spiro atoms. The number of carbonyl (C=O) groups is 2. The second-order valence-electron chi connectivity index (χ2n) is 2.69. The van der Waals surface area contributed by atoms with E-state index in [0.717, 1.165) is 0 Å². The molecule has 1 heterocycles. The molecule has 1 aliphatic rings. The van der Waals surface area contributed by atoms with Crippen molar-refractivity contribution in [1.82, 2.24) is 0 Å². The van der Waals surface area contributed by atoms with Gasteiger partial charge in [-0.1, -0.05) is 26.0 Å². The smallest absolute Gasteiger partial charge is 0.232 e. The van der Waals surface area contributed by atoms with Crippen molar-refractivity contribution >= 4 is 17.4 Å². The van der Waals surface area contributed by atoms with Crippen molar-refractivity contribution in [2.45, 2.75) is 20.3 Å². The second kappa shape index (κ2) is 4.56. The molecule has 1 aliphatic heterocycles. The molecule has 0 saturated carbocycles. The number of rotatable bonds is 0. The summed E-state index contributed by atoms with van der Waals surface area (Å²) in [5, 5.41) is 2.63. The van der Waals surface area contributed by atoms with E-state index in [-0.39, 0.29) is 19.5 Å². The molecule has 0 unspecified atom stereocenters. The maximum atomic E-state index is 11.2. The molecular weight excluding hydrogens is 178 g/mol. The quantitative estimate of drug-likeness (QED) is 0.643. The number of benzene rings is 1. The molecule has 0 aromatic heterocycles. The monoisotopic (exact) mass is 193 g/mol. The van der Waals surface area contributed by atoms with Crippen molar-refractivity contribution in [2.75, 3.05) is 5.32 Å². The Bertz CT molecular complexity index is 363. The molecule has 1 aromatic carbocycles. The number of carbonyl (C=O) groups excluding carboxylic acids is 2. The zero-order chi connectivity index (χ0) is 10.6. The van der Waals surface area contributed by atoms with Gasteiger partial charge in [-0.2, -0.15) is 0 Å². The highest BCUT2D eigenvalue weighted by atomic mass is 16.2. The average molecular weight is 193 g/mol. The van der Waals surface area contributed by atoms with E-state index in [4.69, 9.17) is 0 Å². The number of hydrogen-bond donors (Lipinski definition) is 1. The van der Waals surface area contributed by atoms with Crippen LogP contribution in [0.4, 0.5) is 5.69 Å². The highest BCUT2D eigenvalue weighted by Crippen LogP contribution is 2.21. The third-order valence-electron chi connectivity index (χ3n) is 1.82. The van der Waals surface area contributed by atoms with Gasteiger partial charge >= 0.3 is 0 Å². The topological polar surface area (TPSA) is 46.2 Å². The third-order valence-corrected chi connectivity index (χ3v) is 1.82. The number of fused-ring (bicyclic) bond motifs is 1. The number of Topliss-reactive ketones (excluding diaryl/α,β-unsaturated/α-hetero) is 1. The average Bonchev–Trinajstić information content (AvgIpc) is 2.20. The molecule has 0 radical (unpaired) electrons. The van der Waals surface area contributed by atoms with Crippen LogP contribution in [0, 0.1) is 0 Å². The Labute approximate surface area is 84.6 Å². The van der Waals surface area contributed by atoms with Crippen LogP contribution in [-0.2, 0) is 4.79 Å². The zero-order valence-electron chi connectivity index (χ0n) is 8.33. The molecule has 1 amide bonds. The number of hydrogen-bond acceptors (Lipinski definition) is 2. The van der Waals surface area contributed by atoms with Gasteiger partial charge in [0, 0.05) is 6.99 Å². The van der Waals surface area contributed by atoms with Gasteiger partial charge in [-0.3, -0.25) is 9.59 Å². The van der Waals surface area contributed by atoms with Gasteiger partial charge in [-0.25, -0.2) is 0 Å². The van der Waals surface area contributed by atoms with Gasteiger partial charge in [-0.15, -0.1) is 0 Å². The number of anilines is 1. The lowest BCUT2D eigenvalue weighted by atomic mass is 10.0. The maximum absolute atomic E-state index is 11.2. The van der Waals surface area contributed by atoms with Crippen molar-refractivity contribution in [2.24, 2.45) is 0 Å².